The van der Waals surface area contributed by atoms with Gasteiger partial charge in [0.1, 0.15) is 11.8 Å². The lowest BCUT2D eigenvalue weighted by Crippen LogP contribution is -2.39. The van der Waals surface area contributed by atoms with Crippen LogP contribution in [0.4, 0.5) is 5.69 Å². The first-order chi connectivity index (χ1) is 11.7. The fraction of sp³-hybridized carbons (Fsp3) is 0.278. The Morgan fingerprint density at radius 1 is 1.21 bits per heavy atom. The molecule has 2 aromatic carbocycles. The zero-order valence-corrected chi connectivity index (χ0v) is 15.0. The summed E-state index contributed by atoms with van der Waals surface area (Å²) < 4.78 is 6.32. The van der Waals surface area contributed by atoms with E-state index >= 15 is 0 Å². The number of amides is 1. The van der Waals surface area contributed by atoms with Gasteiger partial charge in [0.05, 0.1) is 12.3 Å². The number of halogens is 1. The SMILES string of the molecule is CCOc1ccc(C2CC(C(=O)Nc3ccccc3Br)NN2)cc1. The Labute approximate surface area is 149 Å². The average Bonchev–Trinajstić information content (AvgIpc) is 3.08. The molecule has 1 amide bonds. The molecule has 2 unspecified atom stereocenters. The van der Waals surface area contributed by atoms with Crippen molar-refractivity contribution in [1.82, 2.24) is 10.9 Å². The summed E-state index contributed by atoms with van der Waals surface area (Å²) in [6.07, 6.45) is 0.685. The molecule has 5 nitrogen and oxygen atoms in total. The van der Waals surface area contributed by atoms with Crippen LogP contribution < -0.4 is 20.9 Å². The third-order valence-corrected chi connectivity index (χ3v) is 4.64. The first kappa shape index (κ1) is 17.0. The Morgan fingerprint density at radius 2 is 1.96 bits per heavy atom. The minimum atomic E-state index is -0.284. The predicted molar refractivity (Wildman–Crippen MR) is 97.8 cm³/mol. The zero-order valence-electron chi connectivity index (χ0n) is 13.4. The van der Waals surface area contributed by atoms with E-state index in [9.17, 15) is 4.79 Å². The van der Waals surface area contributed by atoms with Crippen LogP contribution in [-0.2, 0) is 4.79 Å². The van der Waals surface area contributed by atoms with Gasteiger partial charge >= 0.3 is 0 Å². The molecule has 126 valence electrons. The second kappa shape index (κ2) is 7.79. The smallest absolute Gasteiger partial charge is 0.242 e. The van der Waals surface area contributed by atoms with Crippen LogP contribution >= 0.6 is 15.9 Å². The summed E-state index contributed by atoms with van der Waals surface area (Å²) in [4.78, 5) is 12.4. The summed E-state index contributed by atoms with van der Waals surface area (Å²) in [6.45, 7) is 2.62. The first-order valence-corrected chi connectivity index (χ1v) is 8.76. The lowest BCUT2D eigenvalue weighted by molar-refractivity contribution is -0.117. The predicted octanol–water partition coefficient (Wildman–Crippen LogP) is 3.39. The van der Waals surface area contributed by atoms with E-state index in [-0.39, 0.29) is 18.0 Å². The van der Waals surface area contributed by atoms with Gasteiger partial charge in [-0.2, -0.15) is 0 Å². The Kier molecular flexibility index (Phi) is 5.50. The summed E-state index contributed by atoms with van der Waals surface area (Å²) in [5, 5.41) is 2.94. The minimum Gasteiger partial charge on any atom is -0.494 e. The number of para-hydroxylation sites is 1. The number of anilines is 1. The van der Waals surface area contributed by atoms with Crippen LogP contribution in [0.5, 0.6) is 5.75 Å². The lowest BCUT2D eigenvalue weighted by Gasteiger charge is -2.12. The van der Waals surface area contributed by atoms with Crippen molar-refractivity contribution in [3.05, 3.63) is 58.6 Å². The standard InChI is InChI=1S/C18H20BrN3O2/c1-2-24-13-9-7-12(8-10-13)16-11-17(22-21-16)18(23)20-15-6-4-3-5-14(15)19/h3-10,16-17,21-22H,2,11H2,1H3,(H,20,23). The van der Waals surface area contributed by atoms with Gasteiger partial charge in [-0.3, -0.25) is 4.79 Å². The molecule has 24 heavy (non-hydrogen) atoms. The highest BCUT2D eigenvalue weighted by molar-refractivity contribution is 9.10. The molecule has 0 radical (unpaired) electrons. The Hall–Kier alpha value is -1.89. The van der Waals surface area contributed by atoms with E-state index in [0.717, 1.165) is 21.5 Å². The highest BCUT2D eigenvalue weighted by Crippen LogP contribution is 2.26. The molecule has 0 saturated carbocycles. The minimum absolute atomic E-state index is 0.0529. The number of nitrogens with one attached hydrogen (secondary N) is 3. The van der Waals surface area contributed by atoms with Gasteiger partial charge in [0.25, 0.3) is 0 Å². The topological polar surface area (TPSA) is 62.4 Å². The molecular weight excluding hydrogens is 370 g/mol. The molecule has 2 atom stereocenters. The second-order valence-corrected chi connectivity index (χ2v) is 6.46. The third-order valence-electron chi connectivity index (χ3n) is 3.94. The fourth-order valence-electron chi connectivity index (χ4n) is 2.69. The summed E-state index contributed by atoms with van der Waals surface area (Å²) in [7, 11) is 0. The number of hydrogen-bond donors (Lipinski definition) is 3. The van der Waals surface area contributed by atoms with Crippen molar-refractivity contribution in [2.24, 2.45) is 0 Å². The van der Waals surface area contributed by atoms with E-state index in [0.29, 0.717) is 13.0 Å². The molecule has 0 aromatic heterocycles. The molecule has 2 aromatic rings. The Morgan fingerprint density at radius 3 is 2.67 bits per heavy atom. The van der Waals surface area contributed by atoms with Gasteiger partial charge in [-0.25, -0.2) is 10.9 Å². The number of hydrazine groups is 1. The molecule has 0 aliphatic carbocycles. The monoisotopic (exact) mass is 389 g/mol. The molecule has 3 rings (SSSR count). The maximum atomic E-state index is 12.4. The summed E-state index contributed by atoms with van der Waals surface area (Å²) >= 11 is 3.44. The zero-order chi connectivity index (χ0) is 16.9. The van der Waals surface area contributed by atoms with Crippen molar-refractivity contribution in [1.29, 1.82) is 0 Å². The van der Waals surface area contributed by atoms with Crippen molar-refractivity contribution >= 4 is 27.5 Å². The number of ether oxygens (including phenoxy) is 1. The van der Waals surface area contributed by atoms with E-state index < -0.39 is 0 Å². The van der Waals surface area contributed by atoms with Crippen LogP contribution in [0.25, 0.3) is 0 Å². The van der Waals surface area contributed by atoms with Gasteiger partial charge in [0.15, 0.2) is 0 Å². The molecule has 1 heterocycles. The summed E-state index contributed by atoms with van der Waals surface area (Å²) in [6, 6.07) is 15.3. The fourth-order valence-corrected chi connectivity index (χ4v) is 3.08. The van der Waals surface area contributed by atoms with Crippen LogP contribution in [0.1, 0.15) is 24.9 Å². The van der Waals surface area contributed by atoms with Crippen molar-refractivity contribution in [3.8, 4) is 5.75 Å². The number of carbonyl (C=O) groups excluding carboxylic acids is 1. The quantitative estimate of drug-likeness (QED) is 0.733. The maximum absolute atomic E-state index is 12.4. The normalized spacial score (nSPS) is 19.9. The van der Waals surface area contributed by atoms with E-state index in [1.807, 2.05) is 55.5 Å². The average molecular weight is 390 g/mol. The van der Waals surface area contributed by atoms with Gasteiger partial charge in [-0.1, -0.05) is 24.3 Å². The molecule has 1 saturated heterocycles. The molecule has 6 heteroatoms. The van der Waals surface area contributed by atoms with Crippen LogP contribution in [-0.4, -0.2) is 18.6 Å². The maximum Gasteiger partial charge on any atom is 0.242 e. The number of hydrogen-bond acceptors (Lipinski definition) is 4. The lowest BCUT2D eigenvalue weighted by atomic mass is 10.0. The number of benzene rings is 2. The molecule has 0 spiro atoms. The summed E-state index contributed by atoms with van der Waals surface area (Å²) in [5.74, 6) is 0.804. The van der Waals surface area contributed by atoms with Gasteiger partial charge in [0, 0.05) is 10.5 Å². The number of rotatable bonds is 5. The highest BCUT2D eigenvalue weighted by atomic mass is 79.9. The van der Waals surface area contributed by atoms with Gasteiger partial charge < -0.3 is 10.1 Å². The van der Waals surface area contributed by atoms with E-state index in [1.165, 1.54) is 0 Å². The van der Waals surface area contributed by atoms with Crippen LogP contribution in [0.3, 0.4) is 0 Å². The molecule has 1 aliphatic rings. The van der Waals surface area contributed by atoms with Crippen molar-refractivity contribution in [2.45, 2.75) is 25.4 Å². The number of carbonyl (C=O) groups is 1. The van der Waals surface area contributed by atoms with Gasteiger partial charge in [-0.15, -0.1) is 0 Å². The van der Waals surface area contributed by atoms with E-state index in [1.54, 1.807) is 0 Å². The van der Waals surface area contributed by atoms with Crippen molar-refractivity contribution < 1.29 is 9.53 Å². The van der Waals surface area contributed by atoms with Gasteiger partial charge in [0.2, 0.25) is 5.91 Å². The molecule has 1 fully saturated rings. The molecule has 3 N–H and O–H groups in total. The largest absolute Gasteiger partial charge is 0.494 e. The molecule has 0 bridgehead atoms. The van der Waals surface area contributed by atoms with Crippen LogP contribution in [0, 0.1) is 0 Å². The second-order valence-electron chi connectivity index (χ2n) is 5.60. The highest BCUT2D eigenvalue weighted by Gasteiger charge is 2.30. The molecule has 1 aliphatic heterocycles. The van der Waals surface area contributed by atoms with E-state index in [4.69, 9.17) is 4.74 Å². The Bertz CT molecular complexity index is 706. The van der Waals surface area contributed by atoms with Crippen molar-refractivity contribution in [3.63, 3.8) is 0 Å². The molecular formula is C18H20BrN3O2. The van der Waals surface area contributed by atoms with Crippen LogP contribution in [0.15, 0.2) is 53.0 Å². The summed E-state index contributed by atoms with van der Waals surface area (Å²) in [5.41, 5.74) is 8.17. The Balaban J connectivity index is 1.60. The third kappa shape index (κ3) is 3.95. The van der Waals surface area contributed by atoms with E-state index in [2.05, 4.69) is 32.1 Å². The van der Waals surface area contributed by atoms with Crippen LogP contribution in [0.2, 0.25) is 0 Å². The first-order valence-electron chi connectivity index (χ1n) is 7.96. The van der Waals surface area contributed by atoms with Gasteiger partial charge in [-0.05, 0) is 59.1 Å². The van der Waals surface area contributed by atoms with Crippen molar-refractivity contribution in [2.75, 3.05) is 11.9 Å².